The van der Waals surface area contributed by atoms with E-state index in [1.165, 1.54) is 0 Å². The Labute approximate surface area is 162 Å². The Kier molecular flexibility index (Phi) is 4.77. The Hall–Kier alpha value is -3.66. The zero-order valence-electron chi connectivity index (χ0n) is 15.4. The second kappa shape index (κ2) is 7.53. The number of amides is 1. The third kappa shape index (κ3) is 3.58. The molecule has 0 saturated heterocycles. The number of ether oxygens (including phenoxy) is 1. The molecule has 0 spiro atoms. The second-order valence-electron chi connectivity index (χ2n) is 6.67. The van der Waals surface area contributed by atoms with E-state index >= 15 is 0 Å². The number of aromatic nitrogens is 3. The van der Waals surface area contributed by atoms with Gasteiger partial charge in [-0.3, -0.25) is 4.79 Å². The summed E-state index contributed by atoms with van der Waals surface area (Å²) in [6.07, 6.45) is 5.32. The van der Waals surface area contributed by atoms with E-state index in [0.717, 1.165) is 25.2 Å². The van der Waals surface area contributed by atoms with Gasteiger partial charge < -0.3 is 14.6 Å². The van der Waals surface area contributed by atoms with E-state index in [1.54, 1.807) is 30.5 Å². The largest absolute Gasteiger partial charge is 0.490 e. The number of fused-ring (bicyclic) bond motifs is 5. The maximum Gasteiger partial charge on any atom is 0.259 e. The predicted molar refractivity (Wildman–Crippen MR) is 105 cm³/mol. The molecule has 1 atom stereocenters. The minimum Gasteiger partial charge on any atom is -0.490 e. The minimum absolute atomic E-state index is 0.0730. The van der Waals surface area contributed by atoms with Crippen molar-refractivity contribution in [2.75, 3.05) is 5.32 Å². The Morgan fingerprint density at radius 1 is 1.32 bits per heavy atom. The summed E-state index contributed by atoms with van der Waals surface area (Å²) in [7, 11) is 0. The van der Waals surface area contributed by atoms with Gasteiger partial charge in [0, 0.05) is 18.9 Å². The zero-order valence-corrected chi connectivity index (χ0v) is 15.4. The van der Waals surface area contributed by atoms with Crippen LogP contribution in [0, 0.1) is 6.57 Å². The number of benzene rings is 1. The molecule has 0 saturated carbocycles. The van der Waals surface area contributed by atoms with Crippen LogP contribution in [0.5, 0.6) is 5.75 Å². The highest BCUT2D eigenvalue weighted by Crippen LogP contribution is 2.28. The van der Waals surface area contributed by atoms with Gasteiger partial charge >= 0.3 is 0 Å². The molecular formula is C21H19N5O2. The number of rotatable bonds is 0. The molecule has 0 fully saturated rings. The van der Waals surface area contributed by atoms with Crippen LogP contribution in [0.15, 0.2) is 48.8 Å². The van der Waals surface area contributed by atoms with Crippen LogP contribution in [0.25, 0.3) is 16.4 Å². The summed E-state index contributed by atoms with van der Waals surface area (Å²) in [5.74, 6) is 1.28. The number of carbonyl (C=O) groups is 1. The van der Waals surface area contributed by atoms with Crippen LogP contribution in [0.4, 0.5) is 11.5 Å². The number of pyridine rings is 1. The molecule has 1 aromatic carbocycles. The molecule has 0 radical (unpaired) electrons. The van der Waals surface area contributed by atoms with Gasteiger partial charge in [0.2, 0.25) is 0 Å². The van der Waals surface area contributed by atoms with Crippen LogP contribution in [0.2, 0.25) is 0 Å². The molecule has 2 bridgehead atoms. The van der Waals surface area contributed by atoms with Crippen LogP contribution < -0.4 is 10.1 Å². The third-order valence-corrected chi connectivity index (χ3v) is 4.61. The van der Waals surface area contributed by atoms with Crippen molar-refractivity contribution < 1.29 is 9.53 Å². The molecule has 4 rings (SSSR count). The number of nitrogens with one attached hydrogen (secondary N) is 1. The summed E-state index contributed by atoms with van der Waals surface area (Å²) in [6.45, 7) is 10.0. The number of anilines is 1. The average molecular weight is 373 g/mol. The molecule has 1 aliphatic rings. The molecule has 140 valence electrons. The number of aryl methyl sites for hydroxylation is 1. The molecule has 2 aromatic heterocycles. The fourth-order valence-electron chi connectivity index (χ4n) is 3.23. The Morgan fingerprint density at radius 3 is 3.07 bits per heavy atom. The van der Waals surface area contributed by atoms with Crippen molar-refractivity contribution in [1.29, 1.82) is 0 Å². The Morgan fingerprint density at radius 2 is 2.21 bits per heavy atom. The Balaban J connectivity index is 1.77. The number of hydrogen-bond acceptors (Lipinski definition) is 4. The molecule has 1 amide bonds. The predicted octanol–water partition coefficient (Wildman–Crippen LogP) is 4.31. The van der Waals surface area contributed by atoms with Crippen molar-refractivity contribution in [3.63, 3.8) is 0 Å². The summed E-state index contributed by atoms with van der Waals surface area (Å²) in [6, 6.07) is 10.3. The van der Waals surface area contributed by atoms with Crippen LogP contribution in [-0.2, 0) is 6.54 Å². The summed E-state index contributed by atoms with van der Waals surface area (Å²) in [5.41, 5.74) is 1.40. The lowest BCUT2D eigenvalue weighted by molar-refractivity contribution is 0.101. The standard InChI is InChI=1S/C21H19N5O2/c1-14-5-4-11-26-12-10-23-20(26)17-6-3-7-19(24-17)25-21(27)16-13-15(22-2)8-9-18(16)28-14/h3,6-10,12-14H,4-5,11H2,1H3,(H,24,25,27)/t14-/m1/s1. The fraction of sp³-hybridized carbons (Fsp3) is 0.238. The van der Waals surface area contributed by atoms with E-state index in [1.807, 2.05) is 25.3 Å². The topological polar surface area (TPSA) is 73.4 Å². The maximum absolute atomic E-state index is 12.9. The van der Waals surface area contributed by atoms with Crippen molar-refractivity contribution in [2.45, 2.75) is 32.4 Å². The van der Waals surface area contributed by atoms with Gasteiger partial charge in [0.1, 0.15) is 17.3 Å². The number of carbonyl (C=O) groups excluding carboxylic acids is 1. The lowest BCUT2D eigenvalue weighted by Crippen LogP contribution is -2.19. The van der Waals surface area contributed by atoms with Crippen LogP contribution in [0.1, 0.15) is 30.1 Å². The van der Waals surface area contributed by atoms with Gasteiger partial charge in [0.15, 0.2) is 11.5 Å². The van der Waals surface area contributed by atoms with E-state index < -0.39 is 0 Å². The van der Waals surface area contributed by atoms with E-state index in [9.17, 15) is 4.79 Å². The van der Waals surface area contributed by atoms with Gasteiger partial charge in [-0.05, 0) is 44.0 Å². The monoisotopic (exact) mass is 373 g/mol. The quantitative estimate of drug-likeness (QED) is 0.596. The molecule has 3 aromatic rings. The van der Waals surface area contributed by atoms with E-state index in [4.69, 9.17) is 11.3 Å². The highest BCUT2D eigenvalue weighted by atomic mass is 16.5. The summed E-state index contributed by atoms with van der Waals surface area (Å²) >= 11 is 0. The molecular weight excluding hydrogens is 354 g/mol. The first-order valence-electron chi connectivity index (χ1n) is 9.12. The number of hydrogen-bond donors (Lipinski definition) is 1. The van der Waals surface area contributed by atoms with Crippen LogP contribution >= 0.6 is 0 Å². The van der Waals surface area contributed by atoms with Crippen molar-refractivity contribution in [1.82, 2.24) is 14.5 Å². The first-order valence-corrected chi connectivity index (χ1v) is 9.12. The highest BCUT2D eigenvalue weighted by molar-refractivity contribution is 6.06. The summed E-state index contributed by atoms with van der Waals surface area (Å²) < 4.78 is 8.08. The lowest BCUT2D eigenvalue weighted by Gasteiger charge is -2.19. The highest BCUT2D eigenvalue weighted by Gasteiger charge is 2.18. The molecule has 0 unspecified atom stereocenters. The number of imidazole rings is 1. The van der Waals surface area contributed by atoms with E-state index in [2.05, 4.69) is 24.7 Å². The van der Waals surface area contributed by atoms with Crippen molar-refractivity contribution in [3.8, 4) is 17.3 Å². The van der Waals surface area contributed by atoms with Gasteiger partial charge in [0.05, 0.1) is 18.2 Å². The van der Waals surface area contributed by atoms with Gasteiger partial charge in [0.25, 0.3) is 5.91 Å². The van der Waals surface area contributed by atoms with Gasteiger partial charge in [-0.1, -0.05) is 12.1 Å². The molecule has 0 aliphatic carbocycles. The van der Waals surface area contributed by atoms with Crippen molar-refractivity contribution in [2.24, 2.45) is 0 Å². The molecule has 7 nitrogen and oxygen atoms in total. The summed E-state index contributed by atoms with van der Waals surface area (Å²) in [5, 5.41) is 2.81. The normalized spacial score (nSPS) is 16.6. The average Bonchev–Trinajstić information content (AvgIpc) is 3.16. The van der Waals surface area contributed by atoms with Crippen LogP contribution in [-0.4, -0.2) is 26.5 Å². The smallest absolute Gasteiger partial charge is 0.259 e. The minimum atomic E-state index is -0.363. The molecule has 7 heteroatoms. The molecule has 1 aliphatic heterocycles. The first kappa shape index (κ1) is 17.7. The van der Waals surface area contributed by atoms with Gasteiger partial charge in [-0.2, -0.15) is 0 Å². The lowest BCUT2D eigenvalue weighted by atomic mass is 10.1. The first-order chi connectivity index (χ1) is 13.6. The molecule has 3 heterocycles. The van der Waals surface area contributed by atoms with E-state index in [0.29, 0.717) is 28.5 Å². The molecule has 28 heavy (non-hydrogen) atoms. The second-order valence-corrected chi connectivity index (χ2v) is 6.67. The van der Waals surface area contributed by atoms with Gasteiger partial charge in [-0.15, -0.1) is 0 Å². The van der Waals surface area contributed by atoms with Crippen molar-refractivity contribution >= 4 is 17.4 Å². The maximum atomic E-state index is 12.9. The van der Waals surface area contributed by atoms with Crippen LogP contribution in [0.3, 0.4) is 0 Å². The number of nitrogens with zero attached hydrogens (tertiary/aromatic N) is 4. The molecule has 1 N–H and O–H groups in total. The SMILES string of the molecule is [C-]#[N+]c1ccc2c(c1)C(=O)Nc1cccc(n1)-c1nccn1CCC[C@@H](C)O2. The van der Waals surface area contributed by atoms with Gasteiger partial charge in [-0.25, -0.2) is 14.8 Å². The Bertz CT molecular complexity index is 1070. The third-order valence-electron chi connectivity index (χ3n) is 4.61. The fourth-order valence-corrected chi connectivity index (χ4v) is 3.23. The van der Waals surface area contributed by atoms with Crippen molar-refractivity contribution in [3.05, 3.63) is 65.8 Å². The zero-order chi connectivity index (χ0) is 19.5. The summed E-state index contributed by atoms with van der Waals surface area (Å²) in [4.78, 5) is 25.3. The van der Waals surface area contributed by atoms with E-state index in [-0.39, 0.29) is 12.0 Å².